The molecule has 0 aliphatic carbocycles. The molecule has 1 amide bonds. The number of hydrogen-bond donors (Lipinski definition) is 1. The third-order valence-electron chi connectivity index (χ3n) is 4.96. The van der Waals surface area contributed by atoms with Gasteiger partial charge in [0.1, 0.15) is 17.5 Å². The molecular formula is C23H18F3N3O. The van der Waals surface area contributed by atoms with E-state index in [1.54, 1.807) is 41.2 Å². The Balaban J connectivity index is 1.52. The molecule has 0 saturated carbocycles. The Morgan fingerprint density at radius 1 is 1.00 bits per heavy atom. The summed E-state index contributed by atoms with van der Waals surface area (Å²) < 4.78 is 41.9. The summed E-state index contributed by atoms with van der Waals surface area (Å²) in [6, 6.07) is 14.2. The highest BCUT2D eigenvalue weighted by molar-refractivity contribution is 5.97. The summed E-state index contributed by atoms with van der Waals surface area (Å²) in [5.74, 6) is -1.87. The summed E-state index contributed by atoms with van der Waals surface area (Å²) >= 11 is 0. The fraction of sp³-hybridized carbons (Fsp3) is 0.130. The van der Waals surface area contributed by atoms with Gasteiger partial charge in [0.15, 0.2) is 0 Å². The number of nitrogens with zero attached hydrogens (tertiary/aromatic N) is 2. The Kier molecular flexibility index (Phi) is 5.27. The molecule has 0 bridgehead atoms. The van der Waals surface area contributed by atoms with E-state index in [2.05, 4.69) is 10.3 Å². The third-order valence-corrected chi connectivity index (χ3v) is 4.96. The summed E-state index contributed by atoms with van der Waals surface area (Å²) in [6.07, 6.45) is 1.55. The van der Waals surface area contributed by atoms with Crippen molar-refractivity contribution >= 4 is 16.9 Å². The maximum Gasteiger partial charge on any atom is 0.251 e. The van der Waals surface area contributed by atoms with Crippen LogP contribution in [0.5, 0.6) is 0 Å². The fourth-order valence-electron chi connectivity index (χ4n) is 3.28. The number of fused-ring (bicyclic) bond motifs is 1. The van der Waals surface area contributed by atoms with Crippen LogP contribution >= 0.6 is 0 Å². The van der Waals surface area contributed by atoms with Gasteiger partial charge >= 0.3 is 0 Å². The van der Waals surface area contributed by atoms with Crippen molar-refractivity contribution in [2.45, 2.75) is 19.5 Å². The van der Waals surface area contributed by atoms with Crippen LogP contribution in [-0.2, 0) is 6.54 Å². The molecule has 0 radical (unpaired) electrons. The van der Waals surface area contributed by atoms with Gasteiger partial charge in [-0.2, -0.15) is 0 Å². The van der Waals surface area contributed by atoms with E-state index in [4.69, 9.17) is 0 Å². The second kappa shape index (κ2) is 8.02. The average molecular weight is 409 g/mol. The molecule has 30 heavy (non-hydrogen) atoms. The summed E-state index contributed by atoms with van der Waals surface area (Å²) in [4.78, 5) is 16.9. The molecule has 1 N–H and O–H groups in total. The summed E-state index contributed by atoms with van der Waals surface area (Å²) in [7, 11) is 0. The summed E-state index contributed by atoms with van der Waals surface area (Å²) in [6.45, 7) is 2.01. The standard InChI is InChI=1S/C23H18F3N3O/c1-14(15-2-6-18(24)7-3-15)28-23(30)16-5-9-22-21(10-16)27-13-29(22)12-17-4-8-19(25)11-20(17)26/h2-11,13-14H,12H2,1H3,(H,28,30)/t14-/m0/s1. The van der Waals surface area contributed by atoms with Crippen LogP contribution in [-0.4, -0.2) is 15.5 Å². The minimum Gasteiger partial charge on any atom is -0.346 e. The van der Waals surface area contributed by atoms with Crippen molar-refractivity contribution in [3.63, 3.8) is 0 Å². The third kappa shape index (κ3) is 4.05. The maximum absolute atomic E-state index is 13.9. The number of imidazole rings is 1. The maximum atomic E-state index is 13.9. The number of rotatable bonds is 5. The van der Waals surface area contributed by atoms with Gasteiger partial charge in [-0.15, -0.1) is 0 Å². The highest BCUT2D eigenvalue weighted by Crippen LogP contribution is 2.19. The number of halogens is 3. The van der Waals surface area contributed by atoms with Gasteiger partial charge in [0.25, 0.3) is 5.91 Å². The van der Waals surface area contributed by atoms with Crippen LogP contribution in [0, 0.1) is 17.5 Å². The monoisotopic (exact) mass is 409 g/mol. The van der Waals surface area contributed by atoms with Crippen LogP contribution in [0.3, 0.4) is 0 Å². The van der Waals surface area contributed by atoms with Crippen LogP contribution < -0.4 is 5.32 Å². The molecule has 0 saturated heterocycles. The molecule has 4 nitrogen and oxygen atoms in total. The minimum atomic E-state index is -0.628. The number of aromatic nitrogens is 2. The van der Waals surface area contributed by atoms with Gasteiger partial charge in [-0.25, -0.2) is 18.2 Å². The lowest BCUT2D eigenvalue weighted by Crippen LogP contribution is -2.26. The van der Waals surface area contributed by atoms with Crippen LogP contribution in [0.2, 0.25) is 0 Å². The lowest BCUT2D eigenvalue weighted by Gasteiger charge is -2.14. The van der Waals surface area contributed by atoms with Gasteiger partial charge in [0.05, 0.1) is 29.9 Å². The zero-order valence-corrected chi connectivity index (χ0v) is 16.1. The number of benzene rings is 3. The largest absolute Gasteiger partial charge is 0.346 e. The SMILES string of the molecule is C[C@H](NC(=O)c1ccc2c(c1)ncn2Cc1ccc(F)cc1F)c1ccc(F)cc1. The zero-order chi connectivity index (χ0) is 21.3. The van der Waals surface area contributed by atoms with E-state index in [1.165, 1.54) is 24.3 Å². The minimum absolute atomic E-state index is 0.190. The van der Waals surface area contributed by atoms with Crippen molar-refractivity contribution in [2.24, 2.45) is 0 Å². The molecule has 0 unspecified atom stereocenters. The molecule has 1 aromatic heterocycles. The Labute approximate surface area is 171 Å². The van der Waals surface area contributed by atoms with Crippen LogP contribution in [0.15, 0.2) is 67.0 Å². The second-order valence-electron chi connectivity index (χ2n) is 7.06. The quantitative estimate of drug-likeness (QED) is 0.505. The van der Waals surface area contributed by atoms with Crippen molar-refractivity contribution in [2.75, 3.05) is 0 Å². The predicted molar refractivity (Wildman–Crippen MR) is 107 cm³/mol. The zero-order valence-electron chi connectivity index (χ0n) is 16.1. The predicted octanol–water partition coefficient (Wildman–Crippen LogP) is 4.99. The van der Waals surface area contributed by atoms with Crippen LogP contribution in [0.1, 0.15) is 34.5 Å². The van der Waals surface area contributed by atoms with Gasteiger partial charge in [-0.1, -0.05) is 18.2 Å². The molecular weight excluding hydrogens is 391 g/mol. The van der Waals surface area contributed by atoms with E-state index in [0.29, 0.717) is 16.6 Å². The molecule has 0 spiro atoms. The molecule has 0 fully saturated rings. The van der Waals surface area contributed by atoms with E-state index in [0.717, 1.165) is 17.1 Å². The molecule has 4 rings (SSSR count). The van der Waals surface area contributed by atoms with Gasteiger partial charge in [-0.05, 0) is 48.9 Å². The number of carbonyl (C=O) groups excluding carboxylic acids is 1. The van der Waals surface area contributed by atoms with Gasteiger partial charge < -0.3 is 9.88 Å². The molecule has 0 aliphatic heterocycles. The number of carbonyl (C=O) groups is 1. The Morgan fingerprint density at radius 2 is 1.73 bits per heavy atom. The topological polar surface area (TPSA) is 46.9 Å². The highest BCUT2D eigenvalue weighted by atomic mass is 19.1. The molecule has 152 valence electrons. The Bertz CT molecular complexity index is 1220. The lowest BCUT2D eigenvalue weighted by atomic mass is 10.1. The highest BCUT2D eigenvalue weighted by Gasteiger charge is 2.14. The van der Waals surface area contributed by atoms with Crippen molar-refractivity contribution in [3.8, 4) is 0 Å². The first kappa shape index (κ1) is 19.7. The van der Waals surface area contributed by atoms with E-state index in [1.807, 2.05) is 6.92 Å². The number of hydrogen-bond acceptors (Lipinski definition) is 2. The van der Waals surface area contributed by atoms with Gasteiger partial charge in [0, 0.05) is 17.2 Å². The molecule has 4 aromatic rings. The first-order valence-electron chi connectivity index (χ1n) is 9.36. The normalized spacial score (nSPS) is 12.1. The van der Waals surface area contributed by atoms with E-state index in [-0.39, 0.29) is 24.3 Å². The van der Waals surface area contributed by atoms with E-state index in [9.17, 15) is 18.0 Å². The second-order valence-corrected chi connectivity index (χ2v) is 7.06. The van der Waals surface area contributed by atoms with Crippen molar-refractivity contribution < 1.29 is 18.0 Å². The van der Waals surface area contributed by atoms with E-state index < -0.39 is 11.6 Å². The molecule has 7 heteroatoms. The van der Waals surface area contributed by atoms with Gasteiger partial charge in [0.2, 0.25) is 0 Å². The van der Waals surface area contributed by atoms with Gasteiger partial charge in [-0.3, -0.25) is 4.79 Å². The first-order valence-corrected chi connectivity index (χ1v) is 9.36. The smallest absolute Gasteiger partial charge is 0.251 e. The Morgan fingerprint density at radius 3 is 2.47 bits per heavy atom. The van der Waals surface area contributed by atoms with E-state index >= 15 is 0 Å². The van der Waals surface area contributed by atoms with Crippen molar-refractivity contribution in [3.05, 3.63) is 101 Å². The Hall–Kier alpha value is -3.61. The lowest BCUT2D eigenvalue weighted by molar-refractivity contribution is 0.0940. The molecule has 1 heterocycles. The summed E-state index contributed by atoms with van der Waals surface area (Å²) in [5.41, 5.74) is 2.86. The number of amides is 1. The van der Waals surface area contributed by atoms with Crippen LogP contribution in [0.4, 0.5) is 13.2 Å². The first-order chi connectivity index (χ1) is 14.4. The summed E-state index contributed by atoms with van der Waals surface area (Å²) in [5, 5.41) is 2.87. The van der Waals surface area contributed by atoms with Crippen molar-refractivity contribution in [1.29, 1.82) is 0 Å². The van der Waals surface area contributed by atoms with Crippen LogP contribution in [0.25, 0.3) is 11.0 Å². The number of nitrogens with one attached hydrogen (secondary N) is 1. The molecule has 1 atom stereocenters. The average Bonchev–Trinajstić information content (AvgIpc) is 3.12. The molecule has 0 aliphatic rings. The van der Waals surface area contributed by atoms with Crippen molar-refractivity contribution in [1.82, 2.24) is 14.9 Å². The fourth-order valence-corrected chi connectivity index (χ4v) is 3.28. The molecule has 3 aromatic carbocycles.